The topological polar surface area (TPSA) is 29.0 Å². The van der Waals surface area contributed by atoms with E-state index in [0.29, 0.717) is 0 Å². The van der Waals surface area contributed by atoms with Gasteiger partial charge >= 0.3 is 0 Å². The standard InChI is InChI=1S/C17H17N3S/c1-4-10-20(11-5-1)17-14-8-3-2-7-13(14)16(18-19-17)15-9-6-12-21-15/h2-3,6-9,12H,1,4-5,10-11H2. The third-order valence-electron chi connectivity index (χ3n) is 4.08. The highest BCUT2D eigenvalue weighted by atomic mass is 32.1. The molecule has 0 atom stereocenters. The van der Waals surface area contributed by atoms with Crippen LogP contribution in [-0.2, 0) is 0 Å². The Bertz CT molecular complexity index is 746. The van der Waals surface area contributed by atoms with Crippen molar-refractivity contribution >= 4 is 27.9 Å². The van der Waals surface area contributed by atoms with Gasteiger partial charge < -0.3 is 4.90 Å². The number of rotatable bonds is 2. The van der Waals surface area contributed by atoms with Crippen LogP contribution in [0.15, 0.2) is 41.8 Å². The second-order valence-corrected chi connectivity index (χ2v) is 6.39. The quantitative estimate of drug-likeness (QED) is 0.704. The third-order valence-corrected chi connectivity index (χ3v) is 4.95. The van der Waals surface area contributed by atoms with Crippen LogP contribution in [0.2, 0.25) is 0 Å². The molecule has 1 aromatic carbocycles. The largest absolute Gasteiger partial charge is 0.355 e. The molecule has 2 aromatic heterocycles. The van der Waals surface area contributed by atoms with Gasteiger partial charge in [0.05, 0.1) is 4.88 Å². The Hall–Kier alpha value is -1.94. The molecule has 0 aliphatic carbocycles. The molecule has 1 fully saturated rings. The summed E-state index contributed by atoms with van der Waals surface area (Å²) in [6.45, 7) is 2.19. The highest BCUT2D eigenvalue weighted by Crippen LogP contribution is 2.33. The lowest BCUT2D eigenvalue weighted by Crippen LogP contribution is -2.30. The van der Waals surface area contributed by atoms with Crippen LogP contribution in [0.4, 0.5) is 5.82 Å². The average Bonchev–Trinajstić information content (AvgIpc) is 3.09. The van der Waals surface area contributed by atoms with Gasteiger partial charge in [-0.05, 0) is 30.7 Å². The third kappa shape index (κ3) is 2.29. The van der Waals surface area contributed by atoms with Gasteiger partial charge in [0.15, 0.2) is 5.82 Å². The van der Waals surface area contributed by atoms with Crippen LogP contribution in [0.25, 0.3) is 21.3 Å². The van der Waals surface area contributed by atoms with Crippen molar-refractivity contribution in [3.8, 4) is 10.6 Å². The maximum absolute atomic E-state index is 4.57. The maximum Gasteiger partial charge on any atom is 0.159 e. The van der Waals surface area contributed by atoms with Gasteiger partial charge in [0, 0.05) is 23.9 Å². The molecule has 1 aliphatic heterocycles. The summed E-state index contributed by atoms with van der Waals surface area (Å²) in [5.74, 6) is 1.05. The van der Waals surface area contributed by atoms with E-state index in [1.54, 1.807) is 11.3 Å². The van der Waals surface area contributed by atoms with Gasteiger partial charge in [-0.15, -0.1) is 21.5 Å². The van der Waals surface area contributed by atoms with E-state index in [1.165, 1.54) is 34.9 Å². The van der Waals surface area contributed by atoms with E-state index in [4.69, 9.17) is 0 Å². The van der Waals surface area contributed by atoms with Crippen LogP contribution in [0.1, 0.15) is 19.3 Å². The number of piperidine rings is 1. The number of benzene rings is 1. The molecule has 1 aliphatic rings. The number of hydrogen-bond acceptors (Lipinski definition) is 4. The Labute approximate surface area is 128 Å². The molecule has 106 valence electrons. The van der Waals surface area contributed by atoms with E-state index in [-0.39, 0.29) is 0 Å². The Kier molecular flexibility index (Phi) is 3.31. The fourth-order valence-corrected chi connectivity index (χ4v) is 3.75. The number of anilines is 1. The van der Waals surface area contributed by atoms with Crippen molar-refractivity contribution in [2.24, 2.45) is 0 Å². The van der Waals surface area contributed by atoms with Gasteiger partial charge in [0.1, 0.15) is 5.69 Å². The molecule has 21 heavy (non-hydrogen) atoms. The molecule has 1 saturated heterocycles. The number of aromatic nitrogens is 2. The van der Waals surface area contributed by atoms with Gasteiger partial charge in [-0.3, -0.25) is 0 Å². The van der Waals surface area contributed by atoms with E-state index in [0.717, 1.165) is 24.6 Å². The lowest BCUT2D eigenvalue weighted by atomic mass is 10.1. The zero-order valence-electron chi connectivity index (χ0n) is 11.8. The maximum atomic E-state index is 4.57. The molecule has 3 heterocycles. The Morgan fingerprint density at radius 2 is 1.67 bits per heavy atom. The Morgan fingerprint density at radius 3 is 2.43 bits per heavy atom. The van der Waals surface area contributed by atoms with Crippen LogP contribution < -0.4 is 4.90 Å². The molecule has 0 spiro atoms. The summed E-state index contributed by atoms with van der Waals surface area (Å²) in [5.41, 5.74) is 1.00. The van der Waals surface area contributed by atoms with E-state index in [2.05, 4.69) is 56.9 Å². The lowest BCUT2D eigenvalue weighted by Gasteiger charge is -2.28. The van der Waals surface area contributed by atoms with E-state index in [1.807, 2.05) is 0 Å². The highest BCUT2D eigenvalue weighted by molar-refractivity contribution is 7.13. The Morgan fingerprint density at radius 1 is 0.857 bits per heavy atom. The normalized spacial score (nSPS) is 15.5. The highest BCUT2D eigenvalue weighted by Gasteiger charge is 2.17. The molecule has 0 radical (unpaired) electrons. The fourth-order valence-electron chi connectivity index (χ4n) is 3.02. The van der Waals surface area contributed by atoms with E-state index < -0.39 is 0 Å². The number of fused-ring (bicyclic) bond motifs is 1. The molecule has 0 amide bonds. The Balaban J connectivity index is 1.89. The summed E-state index contributed by atoms with van der Waals surface area (Å²) >= 11 is 1.72. The second kappa shape index (κ2) is 5.45. The van der Waals surface area contributed by atoms with Crippen molar-refractivity contribution in [3.05, 3.63) is 41.8 Å². The first-order valence-corrected chi connectivity index (χ1v) is 8.36. The van der Waals surface area contributed by atoms with Crippen LogP contribution in [0.5, 0.6) is 0 Å². The van der Waals surface area contributed by atoms with E-state index >= 15 is 0 Å². The molecule has 0 N–H and O–H groups in total. The first kappa shape index (κ1) is 12.8. The summed E-state index contributed by atoms with van der Waals surface area (Å²) < 4.78 is 0. The van der Waals surface area contributed by atoms with Gasteiger partial charge in [0.25, 0.3) is 0 Å². The molecule has 4 rings (SSSR count). The average molecular weight is 295 g/mol. The molecule has 0 bridgehead atoms. The summed E-state index contributed by atoms with van der Waals surface area (Å²) in [6.07, 6.45) is 3.83. The summed E-state index contributed by atoms with van der Waals surface area (Å²) in [6, 6.07) is 12.7. The summed E-state index contributed by atoms with van der Waals surface area (Å²) in [5, 5.41) is 13.6. The van der Waals surface area contributed by atoms with Gasteiger partial charge in [-0.1, -0.05) is 30.3 Å². The van der Waals surface area contributed by atoms with E-state index in [9.17, 15) is 0 Å². The zero-order valence-corrected chi connectivity index (χ0v) is 12.6. The SMILES string of the molecule is c1csc(-c2nnc(N3CCCCC3)c3ccccc23)c1. The minimum atomic E-state index is 1.00. The summed E-state index contributed by atoms with van der Waals surface area (Å²) in [4.78, 5) is 3.57. The smallest absolute Gasteiger partial charge is 0.159 e. The second-order valence-electron chi connectivity index (χ2n) is 5.44. The van der Waals surface area contributed by atoms with Crippen LogP contribution in [0, 0.1) is 0 Å². The minimum absolute atomic E-state index is 1.00. The van der Waals surface area contributed by atoms with Crippen molar-refractivity contribution in [3.63, 3.8) is 0 Å². The van der Waals surface area contributed by atoms with Crippen LogP contribution >= 0.6 is 11.3 Å². The predicted molar refractivity (Wildman–Crippen MR) is 88.9 cm³/mol. The van der Waals surface area contributed by atoms with Crippen LogP contribution in [-0.4, -0.2) is 23.3 Å². The van der Waals surface area contributed by atoms with Crippen molar-refractivity contribution in [2.75, 3.05) is 18.0 Å². The van der Waals surface area contributed by atoms with Gasteiger partial charge in [0.2, 0.25) is 0 Å². The molecule has 4 heteroatoms. The molecule has 0 saturated carbocycles. The lowest BCUT2D eigenvalue weighted by molar-refractivity contribution is 0.573. The van der Waals surface area contributed by atoms with Crippen molar-refractivity contribution in [1.82, 2.24) is 10.2 Å². The monoisotopic (exact) mass is 295 g/mol. The fraction of sp³-hybridized carbons (Fsp3) is 0.294. The molecule has 3 nitrogen and oxygen atoms in total. The van der Waals surface area contributed by atoms with Crippen molar-refractivity contribution in [2.45, 2.75) is 19.3 Å². The molecular formula is C17H17N3S. The number of nitrogens with zero attached hydrogens (tertiary/aromatic N) is 3. The summed E-state index contributed by atoms with van der Waals surface area (Å²) in [7, 11) is 0. The van der Waals surface area contributed by atoms with Crippen LogP contribution in [0.3, 0.4) is 0 Å². The van der Waals surface area contributed by atoms with Crippen molar-refractivity contribution in [1.29, 1.82) is 0 Å². The van der Waals surface area contributed by atoms with Gasteiger partial charge in [-0.2, -0.15) is 0 Å². The van der Waals surface area contributed by atoms with Crippen molar-refractivity contribution < 1.29 is 0 Å². The van der Waals surface area contributed by atoms with Gasteiger partial charge in [-0.25, -0.2) is 0 Å². The zero-order chi connectivity index (χ0) is 14.1. The molecule has 0 unspecified atom stereocenters. The predicted octanol–water partition coefficient (Wildman–Crippen LogP) is 4.35. The number of thiophene rings is 1. The first-order valence-electron chi connectivity index (χ1n) is 7.48. The molecule has 3 aromatic rings. The number of hydrogen-bond donors (Lipinski definition) is 0. The minimum Gasteiger partial charge on any atom is -0.355 e. The first-order chi connectivity index (χ1) is 10.4. The molecular weight excluding hydrogens is 278 g/mol.